The van der Waals surface area contributed by atoms with E-state index in [4.69, 9.17) is 9.52 Å². The molecule has 0 saturated heterocycles. The van der Waals surface area contributed by atoms with Gasteiger partial charge in [0.25, 0.3) is 5.91 Å². The van der Waals surface area contributed by atoms with Gasteiger partial charge in [-0.1, -0.05) is 12.1 Å². The Bertz CT molecular complexity index is 946. The smallest absolute Gasteiger partial charge is 0.310 e. The second-order valence-corrected chi connectivity index (χ2v) is 8.08. The number of aliphatic carboxylic acids is 1. The minimum Gasteiger partial charge on any atom is -0.481 e. The quantitative estimate of drug-likeness (QED) is 0.794. The topological polar surface area (TPSA) is 117 Å². The van der Waals surface area contributed by atoms with Crippen molar-refractivity contribution in [3.8, 4) is 0 Å². The summed E-state index contributed by atoms with van der Waals surface area (Å²) < 4.78 is 30.7. The van der Waals surface area contributed by atoms with E-state index >= 15 is 0 Å². The molecule has 1 heterocycles. The first-order chi connectivity index (χ1) is 12.0. The van der Waals surface area contributed by atoms with E-state index in [1.165, 1.54) is 34.0 Å². The first-order valence-corrected chi connectivity index (χ1v) is 9.15. The van der Waals surface area contributed by atoms with Gasteiger partial charge in [0.2, 0.25) is 10.0 Å². The summed E-state index contributed by atoms with van der Waals surface area (Å²) in [5.41, 5.74) is 0.911. The number of carbonyl (C=O) groups is 2. The molecule has 0 fully saturated rings. The number of amides is 1. The van der Waals surface area contributed by atoms with Crippen LogP contribution in [0.4, 0.5) is 5.69 Å². The second-order valence-electron chi connectivity index (χ2n) is 5.96. The standard InChI is InChI=1S/C17H20N2O6S/c1-10(17(21)22)12-6-5-7-13(8-12)18-16(20)14-9-15(11(2)25-14)26(23,24)19(3)4/h5-10H,1-4H3,(H,18,20)(H,21,22). The molecule has 0 aliphatic carbocycles. The highest BCUT2D eigenvalue weighted by atomic mass is 32.2. The Kier molecular flexibility index (Phi) is 5.53. The Morgan fingerprint density at radius 2 is 1.88 bits per heavy atom. The maximum Gasteiger partial charge on any atom is 0.310 e. The largest absolute Gasteiger partial charge is 0.481 e. The van der Waals surface area contributed by atoms with E-state index in [2.05, 4.69) is 5.32 Å². The zero-order chi connectivity index (χ0) is 19.6. The van der Waals surface area contributed by atoms with Gasteiger partial charge in [0.1, 0.15) is 10.7 Å². The number of rotatable bonds is 6. The Balaban J connectivity index is 2.27. The first-order valence-electron chi connectivity index (χ1n) is 7.71. The Morgan fingerprint density at radius 1 is 1.23 bits per heavy atom. The van der Waals surface area contributed by atoms with Crippen LogP contribution >= 0.6 is 0 Å². The van der Waals surface area contributed by atoms with E-state index in [1.807, 2.05) is 0 Å². The number of aryl methyl sites for hydroxylation is 1. The zero-order valence-corrected chi connectivity index (χ0v) is 15.6. The number of carbonyl (C=O) groups excluding carboxylic acids is 1. The van der Waals surface area contributed by atoms with Crippen LogP contribution in [0.5, 0.6) is 0 Å². The number of benzene rings is 1. The van der Waals surface area contributed by atoms with E-state index in [1.54, 1.807) is 24.3 Å². The van der Waals surface area contributed by atoms with Crippen molar-refractivity contribution in [2.45, 2.75) is 24.7 Å². The van der Waals surface area contributed by atoms with Crippen molar-refractivity contribution in [3.05, 3.63) is 47.4 Å². The minimum atomic E-state index is -3.73. The number of carboxylic acids is 1. The molecule has 2 aromatic rings. The van der Waals surface area contributed by atoms with Crippen LogP contribution < -0.4 is 5.32 Å². The highest BCUT2D eigenvalue weighted by Crippen LogP contribution is 2.24. The molecular formula is C17H20N2O6S. The summed E-state index contributed by atoms with van der Waals surface area (Å²) in [6, 6.07) is 7.59. The Morgan fingerprint density at radius 3 is 2.46 bits per heavy atom. The molecule has 1 amide bonds. The monoisotopic (exact) mass is 380 g/mol. The summed E-state index contributed by atoms with van der Waals surface area (Å²) >= 11 is 0. The van der Waals surface area contributed by atoms with Gasteiger partial charge >= 0.3 is 5.97 Å². The SMILES string of the molecule is Cc1oc(C(=O)Nc2cccc(C(C)C(=O)O)c2)cc1S(=O)(=O)N(C)C. The number of hydrogen-bond donors (Lipinski definition) is 2. The molecule has 1 aromatic heterocycles. The molecule has 8 nitrogen and oxygen atoms in total. The molecule has 1 atom stereocenters. The third-order valence-corrected chi connectivity index (χ3v) is 5.79. The van der Waals surface area contributed by atoms with Crippen molar-refractivity contribution >= 4 is 27.6 Å². The summed E-state index contributed by atoms with van der Waals surface area (Å²) in [6.45, 7) is 3.00. The lowest BCUT2D eigenvalue weighted by molar-refractivity contribution is -0.138. The Hall–Kier alpha value is -2.65. The van der Waals surface area contributed by atoms with Crippen LogP contribution in [-0.4, -0.2) is 43.8 Å². The van der Waals surface area contributed by atoms with E-state index < -0.39 is 27.8 Å². The van der Waals surface area contributed by atoms with Crippen LogP contribution in [0.3, 0.4) is 0 Å². The second kappa shape index (κ2) is 7.30. The van der Waals surface area contributed by atoms with Crippen LogP contribution in [0, 0.1) is 6.92 Å². The molecule has 0 bridgehead atoms. The van der Waals surface area contributed by atoms with Crippen molar-refractivity contribution in [2.24, 2.45) is 0 Å². The van der Waals surface area contributed by atoms with E-state index in [0.717, 1.165) is 4.31 Å². The number of hydrogen-bond acceptors (Lipinski definition) is 5. The van der Waals surface area contributed by atoms with Gasteiger partial charge in [-0.3, -0.25) is 9.59 Å². The van der Waals surface area contributed by atoms with Gasteiger partial charge in [-0.05, 0) is 31.5 Å². The minimum absolute atomic E-state index is 0.0825. The molecule has 0 aliphatic rings. The predicted octanol–water partition coefficient (Wildman–Crippen LogP) is 2.28. The molecule has 9 heteroatoms. The summed E-state index contributed by atoms with van der Waals surface area (Å²) in [6.07, 6.45) is 0. The highest BCUT2D eigenvalue weighted by molar-refractivity contribution is 7.89. The van der Waals surface area contributed by atoms with E-state index in [-0.39, 0.29) is 16.4 Å². The number of furan rings is 1. The lowest BCUT2D eigenvalue weighted by atomic mass is 10.0. The number of nitrogens with one attached hydrogen (secondary N) is 1. The van der Waals surface area contributed by atoms with Crippen molar-refractivity contribution in [1.82, 2.24) is 4.31 Å². The zero-order valence-electron chi connectivity index (χ0n) is 14.8. The van der Waals surface area contributed by atoms with Gasteiger partial charge in [0, 0.05) is 25.8 Å². The van der Waals surface area contributed by atoms with E-state index in [9.17, 15) is 18.0 Å². The molecular weight excluding hydrogens is 360 g/mol. The fourth-order valence-electron chi connectivity index (χ4n) is 2.25. The molecule has 0 saturated carbocycles. The molecule has 2 N–H and O–H groups in total. The average Bonchev–Trinajstić information content (AvgIpc) is 2.96. The van der Waals surface area contributed by atoms with Crippen LogP contribution in [0.25, 0.3) is 0 Å². The molecule has 0 radical (unpaired) electrons. The number of nitrogens with zero attached hydrogens (tertiary/aromatic N) is 1. The van der Waals surface area contributed by atoms with Crippen LogP contribution in [0.15, 0.2) is 39.6 Å². The Labute approximate surface area is 151 Å². The van der Waals surface area contributed by atoms with Gasteiger partial charge in [-0.25, -0.2) is 12.7 Å². The summed E-state index contributed by atoms with van der Waals surface area (Å²) in [4.78, 5) is 23.4. The first kappa shape index (κ1) is 19.7. The van der Waals surface area contributed by atoms with Gasteiger partial charge in [-0.2, -0.15) is 0 Å². The number of anilines is 1. The molecule has 0 aliphatic heterocycles. The fourth-order valence-corrected chi connectivity index (χ4v) is 3.31. The summed E-state index contributed by atoms with van der Waals surface area (Å²) in [5, 5.41) is 11.7. The average molecular weight is 380 g/mol. The molecule has 1 unspecified atom stereocenters. The van der Waals surface area contributed by atoms with Crippen molar-refractivity contribution in [3.63, 3.8) is 0 Å². The molecule has 2 rings (SSSR count). The third-order valence-electron chi connectivity index (χ3n) is 3.87. The van der Waals surface area contributed by atoms with Crippen LogP contribution in [-0.2, 0) is 14.8 Å². The number of sulfonamides is 1. The maximum absolute atomic E-state index is 12.4. The van der Waals surface area contributed by atoms with Gasteiger partial charge in [0.15, 0.2) is 5.76 Å². The fraction of sp³-hybridized carbons (Fsp3) is 0.294. The molecule has 0 spiro atoms. The van der Waals surface area contributed by atoms with Gasteiger partial charge < -0.3 is 14.8 Å². The lowest BCUT2D eigenvalue weighted by Gasteiger charge is -2.09. The van der Waals surface area contributed by atoms with Crippen molar-refractivity contribution in [1.29, 1.82) is 0 Å². The summed E-state index contributed by atoms with van der Waals surface area (Å²) in [7, 11) is -0.955. The lowest BCUT2D eigenvalue weighted by Crippen LogP contribution is -2.22. The third kappa shape index (κ3) is 3.94. The highest BCUT2D eigenvalue weighted by Gasteiger charge is 2.26. The van der Waals surface area contributed by atoms with Gasteiger partial charge in [0.05, 0.1) is 5.92 Å². The number of carboxylic acid groups (broad SMARTS) is 1. The van der Waals surface area contributed by atoms with Crippen LogP contribution in [0.2, 0.25) is 0 Å². The van der Waals surface area contributed by atoms with E-state index in [0.29, 0.717) is 11.3 Å². The molecule has 26 heavy (non-hydrogen) atoms. The maximum atomic E-state index is 12.4. The van der Waals surface area contributed by atoms with Crippen LogP contribution in [0.1, 0.15) is 34.7 Å². The normalized spacial score (nSPS) is 12.8. The van der Waals surface area contributed by atoms with Crippen molar-refractivity contribution in [2.75, 3.05) is 19.4 Å². The van der Waals surface area contributed by atoms with Crippen molar-refractivity contribution < 1.29 is 27.5 Å². The van der Waals surface area contributed by atoms with Gasteiger partial charge in [-0.15, -0.1) is 0 Å². The molecule has 1 aromatic carbocycles. The predicted molar refractivity (Wildman–Crippen MR) is 94.8 cm³/mol. The summed E-state index contributed by atoms with van der Waals surface area (Å²) in [5.74, 6) is -2.38. The molecule has 140 valence electrons.